The van der Waals surface area contributed by atoms with Crippen molar-refractivity contribution in [1.29, 1.82) is 0 Å². The Balaban J connectivity index is 2.29. The van der Waals surface area contributed by atoms with E-state index in [9.17, 15) is 0 Å². The number of ether oxygens (including phenoxy) is 1. The maximum absolute atomic E-state index is 5.89. The van der Waals surface area contributed by atoms with Crippen molar-refractivity contribution < 1.29 is 4.74 Å². The third-order valence-corrected chi connectivity index (χ3v) is 2.91. The third-order valence-electron chi connectivity index (χ3n) is 1.95. The molecule has 0 aliphatic carbocycles. The first-order valence-electron chi connectivity index (χ1n) is 4.65. The van der Waals surface area contributed by atoms with E-state index in [0.717, 1.165) is 10.6 Å². The maximum atomic E-state index is 5.89. The second kappa shape index (κ2) is 4.78. The minimum Gasteiger partial charge on any atom is -0.429 e. The van der Waals surface area contributed by atoms with E-state index in [0.29, 0.717) is 22.5 Å². The normalized spacial score (nSPS) is 10.4. The zero-order valence-corrected chi connectivity index (χ0v) is 10.2. The number of hydrogen-bond donors (Lipinski definition) is 1. The molecular weight excluding hydrogens is 246 g/mol. The fourth-order valence-electron chi connectivity index (χ4n) is 1.21. The molecule has 0 fully saturated rings. The van der Waals surface area contributed by atoms with Crippen LogP contribution in [0.15, 0.2) is 18.2 Å². The van der Waals surface area contributed by atoms with Crippen LogP contribution in [0.25, 0.3) is 0 Å². The van der Waals surface area contributed by atoms with Gasteiger partial charge in [0.1, 0.15) is 10.8 Å². The van der Waals surface area contributed by atoms with E-state index < -0.39 is 0 Å². The number of halogens is 1. The average molecular weight is 256 g/mol. The topological polar surface area (TPSA) is 61.0 Å². The molecule has 1 aromatic carbocycles. The summed E-state index contributed by atoms with van der Waals surface area (Å²) in [5.74, 6) is 0.631. The summed E-state index contributed by atoms with van der Waals surface area (Å²) in [6.07, 6.45) is 0. The summed E-state index contributed by atoms with van der Waals surface area (Å²) in [6, 6.07) is 5.34. The van der Waals surface area contributed by atoms with Crippen molar-refractivity contribution in [2.24, 2.45) is 5.73 Å². The number of rotatable bonds is 3. The summed E-state index contributed by atoms with van der Waals surface area (Å²) in [7, 11) is 0. The van der Waals surface area contributed by atoms with Gasteiger partial charge in [-0.1, -0.05) is 34.1 Å². The van der Waals surface area contributed by atoms with E-state index in [-0.39, 0.29) is 0 Å². The second-order valence-electron chi connectivity index (χ2n) is 3.15. The van der Waals surface area contributed by atoms with E-state index in [1.807, 2.05) is 13.0 Å². The minimum atomic E-state index is 0.393. The lowest BCUT2D eigenvalue weighted by Crippen LogP contribution is -1.99. The van der Waals surface area contributed by atoms with Gasteiger partial charge in [-0.3, -0.25) is 0 Å². The SMILES string of the molecule is Cc1nnc(Oc2cc(Cl)ccc2CN)s1. The predicted octanol–water partition coefficient (Wildman–Crippen LogP) is 2.75. The summed E-state index contributed by atoms with van der Waals surface area (Å²) in [6.45, 7) is 2.26. The lowest BCUT2D eigenvalue weighted by molar-refractivity contribution is 0.467. The molecule has 0 atom stereocenters. The third kappa shape index (κ3) is 2.49. The maximum Gasteiger partial charge on any atom is 0.299 e. The van der Waals surface area contributed by atoms with Gasteiger partial charge in [-0.05, 0) is 19.1 Å². The second-order valence-corrected chi connectivity index (χ2v) is 4.73. The zero-order valence-electron chi connectivity index (χ0n) is 8.61. The minimum absolute atomic E-state index is 0.393. The van der Waals surface area contributed by atoms with Crippen LogP contribution in [0.1, 0.15) is 10.6 Å². The molecule has 0 unspecified atom stereocenters. The molecular formula is C10H10ClN3OS. The van der Waals surface area contributed by atoms with Crippen molar-refractivity contribution in [2.75, 3.05) is 0 Å². The number of aromatic nitrogens is 2. The van der Waals surface area contributed by atoms with Gasteiger partial charge >= 0.3 is 0 Å². The van der Waals surface area contributed by atoms with Gasteiger partial charge in [0.2, 0.25) is 0 Å². The first kappa shape index (κ1) is 11.3. The van der Waals surface area contributed by atoms with Gasteiger partial charge in [0.25, 0.3) is 5.19 Å². The fraction of sp³-hybridized carbons (Fsp3) is 0.200. The molecule has 0 aliphatic rings. The number of benzene rings is 1. The van der Waals surface area contributed by atoms with Crippen LogP contribution in [-0.4, -0.2) is 10.2 Å². The molecule has 0 radical (unpaired) electrons. The monoisotopic (exact) mass is 255 g/mol. The van der Waals surface area contributed by atoms with E-state index in [1.165, 1.54) is 11.3 Å². The van der Waals surface area contributed by atoms with Crippen LogP contribution in [0.3, 0.4) is 0 Å². The standard InChI is InChI=1S/C10H10ClN3OS/c1-6-13-14-10(16-6)15-9-4-8(11)3-2-7(9)5-12/h2-4H,5,12H2,1H3. The Kier molecular flexibility index (Phi) is 3.38. The number of nitrogens with two attached hydrogens (primary N) is 1. The Bertz CT molecular complexity index is 501. The van der Waals surface area contributed by atoms with Gasteiger partial charge in [0.15, 0.2) is 0 Å². The van der Waals surface area contributed by atoms with E-state index >= 15 is 0 Å². The van der Waals surface area contributed by atoms with Gasteiger partial charge in [-0.15, -0.1) is 5.10 Å². The van der Waals surface area contributed by atoms with Crippen molar-refractivity contribution >= 4 is 22.9 Å². The van der Waals surface area contributed by atoms with Gasteiger partial charge in [0.05, 0.1) is 0 Å². The number of hydrogen-bond acceptors (Lipinski definition) is 5. The molecule has 0 saturated heterocycles. The van der Waals surface area contributed by atoms with Crippen LogP contribution in [0.4, 0.5) is 0 Å². The lowest BCUT2D eigenvalue weighted by Gasteiger charge is -2.07. The van der Waals surface area contributed by atoms with Crippen LogP contribution in [0.5, 0.6) is 10.9 Å². The van der Waals surface area contributed by atoms with E-state index in [1.54, 1.807) is 12.1 Å². The van der Waals surface area contributed by atoms with Gasteiger partial charge in [-0.2, -0.15) is 0 Å². The Morgan fingerprint density at radius 2 is 2.25 bits per heavy atom. The molecule has 0 bridgehead atoms. The summed E-state index contributed by atoms with van der Waals surface area (Å²) in [5, 5.41) is 9.70. The first-order chi connectivity index (χ1) is 7.69. The van der Waals surface area contributed by atoms with Crippen molar-refractivity contribution in [3.8, 4) is 10.9 Å². The Morgan fingerprint density at radius 3 is 2.88 bits per heavy atom. The van der Waals surface area contributed by atoms with Crippen LogP contribution in [0, 0.1) is 6.92 Å². The molecule has 4 nitrogen and oxygen atoms in total. The highest BCUT2D eigenvalue weighted by Crippen LogP contribution is 2.29. The first-order valence-corrected chi connectivity index (χ1v) is 5.85. The highest BCUT2D eigenvalue weighted by molar-refractivity contribution is 7.13. The number of nitrogens with zero attached hydrogens (tertiary/aromatic N) is 2. The van der Waals surface area contributed by atoms with Crippen LogP contribution in [0.2, 0.25) is 5.02 Å². The fourth-order valence-corrected chi connectivity index (χ4v) is 1.92. The van der Waals surface area contributed by atoms with Crippen molar-refractivity contribution in [2.45, 2.75) is 13.5 Å². The van der Waals surface area contributed by atoms with Gasteiger partial charge < -0.3 is 10.5 Å². The van der Waals surface area contributed by atoms with Crippen LogP contribution < -0.4 is 10.5 Å². The Morgan fingerprint density at radius 1 is 1.44 bits per heavy atom. The number of aryl methyl sites for hydroxylation is 1. The molecule has 2 rings (SSSR count). The van der Waals surface area contributed by atoms with Crippen molar-refractivity contribution in [3.63, 3.8) is 0 Å². The smallest absolute Gasteiger partial charge is 0.299 e. The largest absolute Gasteiger partial charge is 0.429 e. The molecule has 84 valence electrons. The van der Waals surface area contributed by atoms with Gasteiger partial charge in [-0.25, -0.2) is 0 Å². The molecule has 0 saturated carbocycles. The van der Waals surface area contributed by atoms with Gasteiger partial charge in [0, 0.05) is 17.1 Å². The predicted molar refractivity (Wildman–Crippen MR) is 64.1 cm³/mol. The Hall–Kier alpha value is -1.17. The molecule has 0 aliphatic heterocycles. The Labute approximate surface area is 102 Å². The van der Waals surface area contributed by atoms with E-state index in [2.05, 4.69) is 10.2 Å². The lowest BCUT2D eigenvalue weighted by atomic mass is 10.2. The van der Waals surface area contributed by atoms with E-state index in [4.69, 9.17) is 22.1 Å². The molecule has 2 N–H and O–H groups in total. The molecule has 1 heterocycles. The van der Waals surface area contributed by atoms with Crippen LogP contribution in [-0.2, 0) is 6.54 Å². The summed E-state index contributed by atoms with van der Waals surface area (Å²) in [5.41, 5.74) is 6.49. The highest BCUT2D eigenvalue weighted by Gasteiger charge is 2.08. The zero-order chi connectivity index (χ0) is 11.5. The quantitative estimate of drug-likeness (QED) is 0.916. The summed E-state index contributed by atoms with van der Waals surface area (Å²) in [4.78, 5) is 0. The molecule has 1 aromatic heterocycles. The van der Waals surface area contributed by atoms with Crippen molar-refractivity contribution in [1.82, 2.24) is 10.2 Å². The molecule has 2 aromatic rings. The molecule has 0 spiro atoms. The molecule has 6 heteroatoms. The molecule has 0 amide bonds. The highest BCUT2D eigenvalue weighted by atomic mass is 35.5. The summed E-state index contributed by atoms with van der Waals surface area (Å²) < 4.78 is 5.58. The van der Waals surface area contributed by atoms with Crippen molar-refractivity contribution in [3.05, 3.63) is 33.8 Å². The molecule has 16 heavy (non-hydrogen) atoms. The van der Waals surface area contributed by atoms with Crippen LogP contribution >= 0.6 is 22.9 Å². The average Bonchev–Trinajstić information content (AvgIpc) is 2.64. The summed E-state index contributed by atoms with van der Waals surface area (Å²) >= 11 is 7.27.